The Morgan fingerprint density at radius 3 is 2.70 bits per heavy atom. The van der Waals surface area contributed by atoms with Gasteiger partial charge in [-0.2, -0.15) is 0 Å². The number of nitrogens with one attached hydrogen (secondary N) is 1. The molecular formula is C25H26ClN5O2. The van der Waals surface area contributed by atoms with E-state index < -0.39 is 0 Å². The molecule has 1 amide bonds. The minimum atomic E-state index is -0.138. The first-order valence-electron chi connectivity index (χ1n) is 11.3. The molecule has 8 heteroatoms. The van der Waals surface area contributed by atoms with Crippen LogP contribution in [0.25, 0.3) is 11.5 Å². The van der Waals surface area contributed by atoms with Crippen molar-refractivity contribution >= 4 is 17.5 Å². The fourth-order valence-electron chi connectivity index (χ4n) is 5.22. The molecule has 0 aromatic carbocycles. The van der Waals surface area contributed by atoms with Crippen LogP contribution in [-0.2, 0) is 0 Å². The molecule has 3 aromatic heterocycles. The molecule has 4 unspecified atom stereocenters. The van der Waals surface area contributed by atoms with Gasteiger partial charge in [-0.25, -0.2) is 15.0 Å². The van der Waals surface area contributed by atoms with Crippen molar-refractivity contribution in [1.82, 2.24) is 25.3 Å². The number of aryl methyl sites for hydroxylation is 1. The molecule has 1 N–H and O–H groups in total. The molecule has 0 aliphatic heterocycles. The summed E-state index contributed by atoms with van der Waals surface area (Å²) >= 11 is 5.92. The van der Waals surface area contributed by atoms with E-state index in [0.29, 0.717) is 46.4 Å². The quantitative estimate of drug-likeness (QED) is 0.578. The molecule has 5 rings (SSSR count). The summed E-state index contributed by atoms with van der Waals surface area (Å²) in [6, 6.07) is 7.19. The van der Waals surface area contributed by atoms with Crippen molar-refractivity contribution in [3.63, 3.8) is 0 Å². The van der Waals surface area contributed by atoms with E-state index in [0.717, 1.165) is 24.8 Å². The highest BCUT2D eigenvalue weighted by atomic mass is 35.5. The van der Waals surface area contributed by atoms with Gasteiger partial charge in [-0.15, -0.1) is 0 Å². The number of pyridine rings is 2. The first-order chi connectivity index (χ1) is 16.0. The number of aromatic nitrogens is 4. The van der Waals surface area contributed by atoms with Crippen molar-refractivity contribution in [2.45, 2.75) is 39.2 Å². The second-order valence-corrected chi connectivity index (χ2v) is 9.56. The second-order valence-electron chi connectivity index (χ2n) is 9.12. The summed E-state index contributed by atoms with van der Waals surface area (Å²) in [5.41, 5.74) is 2.15. The Labute approximate surface area is 198 Å². The van der Waals surface area contributed by atoms with E-state index in [-0.39, 0.29) is 17.4 Å². The van der Waals surface area contributed by atoms with Crippen LogP contribution in [0.3, 0.4) is 0 Å². The Balaban J connectivity index is 1.23. The van der Waals surface area contributed by atoms with Crippen molar-refractivity contribution in [3.8, 4) is 17.4 Å². The Bertz CT molecular complexity index is 1160. The van der Waals surface area contributed by atoms with E-state index in [9.17, 15) is 4.79 Å². The van der Waals surface area contributed by atoms with E-state index in [1.54, 1.807) is 36.9 Å². The minimum Gasteiger partial charge on any atom is -0.474 e. The Kier molecular flexibility index (Phi) is 5.74. The standard InChI is InChI=1S/C25H26ClN5O2/c1-15-10-19(22(30-12-15)23-27-8-3-9-28-23)24(32)31-13-17-6-7-25(17)11-20(16(25)2)33-21-5-4-18(26)14-29-21/h3-5,8-10,12,14,16-17,20H,6-7,11,13H2,1-2H3,(H,31,32). The molecule has 0 saturated heterocycles. The number of nitrogens with zero attached hydrogens (tertiary/aromatic N) is 4. The highest BCUT2D eigenvalue weighted by molar-refractivity contribution is 6.30. The molecule has 33 heavy (non-hydrogen) atoms. The number of hydrogen-bond donors (Lipinski definition) is 1. The molecule has 7 nitrogen and oxygen atoms in total. The van der Waals surface area contributed by atoms with Gasteiger partial charge in [-0.3, -0.25) is 9.78 Å². The average Bonchev–Trinajstić information content (AvgIpc) is 2.82. The van der Waals surface area contributed by atoms with Crippen LogP contribution in [0.15, 0.2) is 49.1 Å². The zero-order chi connectivity index (χ0) is 23.0. The Morgan fingerprint density at radius 1 is 1.21 bits per heavy atom. The van der Waals surface area contributed by atoms with Gasteiger partial charge < -0.3 is 10.1 Å². The zero-order valence-corrected chi connectivity index (χ0v) is 19.4. The summed E-state index contributed by atoms with van der Waals surface area (Å²) in [7, 11) is 0. The lowest BCUT2D eigenvalue weighted by atomic mass is 9.44. The smallest absolute Gasteiger partial charge is 0.253 e. The monoisotopic (exact) mass is 463 g/mol. The van der Waals surface area contributed by atoms with E-state index >= 15 is 0 Å². The van der Waals surface area contributed by atoms with Gasteiger partial charge in [0.15, 0.2) is 5.82 Å². The number of hydrogen-bond acceptors (Lipinski definition) is 6. The van der Waals surface area contributed by atoms with Gasteiger partial charge in [0.05, 0.1) is 10.6 Å². The van der Waals surface area contributed by atoms with Crippen LogP contribution in [0.1, 0.15) is 42.1 Å². The Morgan fingerprint density at radius 2 is 2.03 bits per heavy atom. The topological polar surface area (TPSA) is 89.9 Å². The highest BCUT2D eigenvalue weighted by Gasteiger charge is 2.61. The number of rotatable bonds is 6. The minimum absolute atomic E-state index is 0.138. The van der Waals surface area contributed by atoms with Crippen molar-refractivity contribution in [2.75, 3.05) is 6.54 Å². The summed E-state index contributed by atoms with van der Waals surface area (Å²) < 4.78 is 6.09. The third-order valence-corrected chi connectivity index (χ3v) is 7.57. The van der Waals surface area contributed by atoms with E-state index in [1.807, 2.05) is 19.1 Å². The first kappa shape index (κ1) is 21.8. The van der Waals surface area contributed by atoms with Gasteiger partial charge in [-0.1, -0.05) is 18.5 Å². The fraction of sp³-hybridized carbons (Fsp3) is 0.400. The maximum Gasteiger partial charge on any atom is 0.253 e. The maximum atomic E-state index is 13.1. The molecule has 4 atom stereocenters. The first-order valence-corrected chi connectivity index (χ1v) is 11.6. The van der Waals surface area contributed by atoms with Crippen LogP contribution in [-0.4, -0.2) is 38.5 Å². The van der Waals surface area contributed by atoms with Crippen LogP contribution < -0.4 is 10.1 Å². The predicted molar refractivity (Wildman–Crippen MR) is 125 cm³/mol. The van der Waals surface area contributed by atoms with Crippen molar-refractivity contribution in [3.05, 3.63) is 65.2 Å². The lowest BCUT2D eigenvalue weighted by Crippen LogP contribution is -2.63. The van der Waals surface area contributed by atoms with Crippen LogP contribution in [0.4, 0.5) is 0 Å². The lowest BCUT2D eigenvalue weighted by Gasteiger charge is -2.63. The molecule has 3 heterocycles. The SMILES string of the molecule is Cc1cnc(-c2ncccn2)c(C(=O)NCC2CCC23CC(Oc2ccc(Cl)cn2)C3C)c1. The largest absolute Gasteiger partial charge is 0.474 e. The molecule has 2 aliphatic carbocycles. The molecule has 0 radical (unpaired) electrons. The van der Waals surface area contributed by atoms with E-state index in [4.69, 9.17) is 16.3 Å². The molecule has 0 bridgehead atoms. The normalized spacial score (nSPS) is 25.7. The van der Waals surface area contributed by atoms with Crippen LogP contribution >= 0.6 is 11.6 Å². The number of halogens is 1. The maximum absolute atomic E-state index is 13.1. The molecular weight excluding hydrogens is 438 g/mol. The number of ether oxygens (including phenoxy) is 1. The number of carbonyl (C=O) groups is 1. The van der Waals surface area contributed by atoms with E-state index in [1.165, 1.54) is 0 Å². The van der Waals surface area contributed by atoms with Gasteiger partial charge in [-0.05, 0) is 67.2 Å². The number of carbonyl (C=O) groups excluding carboxylic acids is 1. The van der Waals surface area contributed by atoms with Gasteiger partial charge in [0.1, 0.15) is 11.8 Å². The van der Waals surface area contributed by atoms with Crippen molar-refractivity contribution in [1.29, 1.82) is 0 Å². The van der Waals surface area contributed by atoms with Crippen LogP contribution in [0.5, 0.6) is 5.88 Å². The summed E-state index contributed by atoms with van der Waals surface area (Å²) in [4.78, 5) is 30.3. The third kappa shape index (κ3) is 4.06. The summed E-state index contributed by atoms with van der Waals surface area (Å²) in [6.07, 6.45) is 10.0. The molecule has 3 aromatic rings. The van der Waals surface area contributed by atoms with Gasteiger partial charge in [0.25, 0.3) is 5.91 Å². The van der Waals surface area contributed by atoms with E-state index in [2.05, 4.69) is 32.2 Å². The molecule has 1 spiro atoms. The number of amides is 1. The third-order valence-electron chi connectivity index (χ3n) is 7.35. The molecule has 2 saturated carbocycles. The van der Waals surface area contributed by atoms with Crippen LogP contribution in [0.2, 0.25) is 5.02 Å². The fourth-order valence-corrected chi connectivity index (χ4v) is 5.34. The van der Waals surface area contributed by atoms with Crippen molar-refractivity contribution < 1.29 is 9.53 Å². The average molecular weight is 464 g/mol. The molecule has 2 fully saturated rings. The van der Waals surface area contributed by atoms with Gasteiger partial charge in [0, 0.05) is 37.4 Å². The molecule has 170 valence electrons. The predicted octanol–water partition coefficient (Wildman–Crippen LogP) is 4.51. The summed E-state index contributed by atoms with van der Waals surface area (Å²) in [5.74, 6) is 1.76. The Hall–Kier alpha value is -3.06. The van der Waals surface area contributed by atoms with Gasteiger partial charge >= 0.3 is 0 Å². The molecule has 2 aliphatic rings. The highest BCUT2D eigenvalue weighted by Crippen LogP contribution is 2.63. The summed E-state index contributed by atoms with van der Waals surface area (Å²) in [5, 5.41) is 3.75. The zero-order valence-electron chi connectivity index (χ0n) is 18.7. The lowest BCUT2D eigenvalue weighted by molar-refractivity contribution is -0.172. The summed E-state index contributed by atoms with van der Waals surface area (Å²) in [6.45, 7) is 4.80. The van der Waals surface area contributed by atoms with Crippen LogP contribution in [0, 0.1) is 24.2 Å². The second kappa shape index (κ2) is 8.71. The van der Waals surface area contributed by atoms with Gasteiger partial charge in [0.2, 0.25) is 5.88 Å². The van der Waals surface area contributed by atoms with Crippen molar-refractivity contribution in [2.24, 2.45) is 17.3 Å².